The van der Waals surface area contributed by atoms with Gasteiger partial charge in [-0.05, 0) is 37.8 Å². The van der Waals surface area contributed by atoms with Crippen molar-refractivity contribution in [3.05, 3.63) is 24.0 Å². The SMILES string of the molecule is Cc1ccc(N2CCCC(CN3CCOCC3)C2)cn1. The van der Waals surface area contributed by atoms with Gasteiger partial charge < -0.3 is 9.64 Å². The van der Waals surface area contributed by atoms with Gasteiger partial charge in [0.15, 0.2) is 0 Å². The summed E-state index contributed by atoms with van der Waals surface area (Å²) in [5.74, 6) is 0.781. The van der Waals surface area contributed by atoms with Crippen molar-refractivity contribution in [3.8, 4) is 0 Å². The quantitative estimate of drug-likeness (QED) is 0.843. The summed E-state index contributed by atoms with van der Waals surface area (Å²) >= 11 is 0. The molecule has 2 fully saturated rings. The predicted molar refractivity (Wildman–Crippen MR) is 81.2 cm³/mol. The zero-order chi connectivity index (χ0) is 13.8. The van der Waals surface area contributed by atoms with Gasteiger partial charge in [-0.2, -0.15) is 0 Å². The van der Waals surface area contributed by atoms with E-state index in [0.29, 0.717) is 0 Å². The van der Waals surface area contributed by atoms with Gasteiger partial charge in [0.25, 0.3) is 0 Å². The Bertz CT molecular complexity index is 414. The molecule has 4 nitrogen and oxygen atoms in total. The van der Waals surface area contributed by atoms with E-state index in [0.717, 1.165) is 37.9 Å². The van der Waals surface area contributed by atoms with Crippen LogP contribution in [0.15, 0.2) is 18.3 Å². The van der Waals surface area contributed by atoms with Crippen molar-refractivity contribution in [2.24, 2.45) is 5.92 Å². The largest absolute Gasteiger partial charge is 0.379 e. The summed E-state index contributed by atoms with van der Waals surface area (Å²) in [6.45, 7) is 9.61. The molecule has 20 heavy (non-hydrogen) atoms. The number of aromatic nitrogens is 1. The van der Waals surface area contributed by atoms with Gasteiger partial charge in [-0.3, -0.25) is 9.88 Å². The second-order valence-corrected chi connectivity index (χ2v) is 6.03. The molecule has 0 bridgehead atoms. The summed E-state index contributed by atoms with van der Waals surface area (Å²) in [5, 5.41) is 0. The van der Waals surface area contributed by atoms with Crippen LogP contribution in [0.1, 0.15) is 18.5 Å². The highest BCUT2D eigenvalue weighted by molar-refractivity contribution is 5.44. The Labute approximate surface area is 121 Å². The number of ether oxygens (including phenoxy) is 1. The highest BCUT2D eigenvalue weighted by Crippen LogP contribution is 2.23. The molecule has 0 aliphatic carbocycles. The molecule has 1 aromatic heterocycles. The van der Waals surface area contributed by atoms with Crippen molar-refractivity contribution in [3.63, 3.8) is 0 Å². The lowest BCUT2D eigenvalue weighted by Crippen LogP contribution is -2.44. The lowest BCUT2D eigenvalue weighted by molar-refractivity contribution is 0.0296. The predicted octanol–water partition coefficient (Wildman–Crippen LogP) is 1.94. The normalized spacial score (nSPS) is 24.9. The van der Waals surface area contributed by atoms with Crippen LogP contribution in [-0.4, -0.2) is 55.8 Å². The van der Waals surface area contributed by atoms with Crippen LogP contribution in [0, 0.1) is 12.8 Å². The second kappa shape index (κ2) is 6.55. The van der Waals surface area contributed by atoms with E-state index >= 15 is 0 Å². The fourth-order valence-corrected chi connectivity index (χ4v) is 3.24. The molecule has 1 aromatic rings. The molecule has 1 unspecified atom stereocenters. The molecule has 2 aliphatic rings. The summed E-state index contributed by atoms with van der Waals surface area (Å²) in [4.78, 5) is 9.49. The van der Waals surface area contributed by atoms with E-state index in [1.807, 2.05) is 13.1 Å². The third-order valence-corrected chi connectivity index (χ3v) is 4.40. The maximum absolute atomic E-state index is 5.43. The number of rotatable bonds is 3. The molecule has 0 aromatic carbocycles. The van der Waals surface area contributed by atoms with Crippen LogP contribution < -0.4 is 4.90 Å². The average molecular weight is 275 g/mol. The molecule has 1 atom stereocenters. The van der Waals surface area contributed by atoms with E-state index in [1.165, 1.54) is 38.2 Å². The molecule has 2 saturated heterocycles. The molecule has 0 saturated carbocycles. The van der Waals surface area contributed by atoms with Crippen molar-refractivity contribution in [2.75, 3.05) is 50.8 Å². The van der Waals surface area contributed by atoms with Crippen LogP contribution in [0.4, 0.5) is 5.69 Å². The highest BCUT2D eigenvalue weighted by atomic mass is 16.5. The third kappa shape index (κ3) is 3.49. The summed E-state index contributed by atoms with van der Waals surface area (Å²) in [6.07, 6.45) is 4.67. The first kappa shape index (κ1) is 13.8. The Kier molecular flexibility index (Phi) is 4.53. The monoisotopic (exact) mass is 275 g/mol. The molecule has 0 radical (unpaired) electrons. The second-order valence-electron chi connectivity index (χ2n) is 6.03. The Morgan fingerprint density at radius 3 is 2.85 bits per heavy atom. The van der Waals surface area contributed by atoms with Gasteiger partial charge >= 0.3 is 0 Å². The Morgan fingerprint density at radius 2 is 2.10 bits per heavy atom. The van der Waals surface area contributed by atoms with Crippen molar-refractivity contribution >= 4 is 5.69 Å². The molecule has 4 heteroatoms. The number of anilines is 1. The number of hydrogen-bond donors (Lipinski definition) is 0. The standard InChI is InChI=1S/C16H25N3O/c1-14-4-5-16(11-17-14)19-6-2-3-15(13-19)12-18-7-9-20-10-8-18/h4-5,11,15H,2-3,6-10,12-13H2,1H3. The van der Waals surface area contributed by atoms with Gasteiger partial charge in [0, 0.05) is 38.4 Å². The molecular weight excluding hydrogens is 250 g/mol. The van der Waals surface area contributed by atoms with Crippen LogP contribution in [-0.2, 0) is 4.74 Å². The van der Waals surface area contributed by atoms with Crippen molar-refractivity contribution < 1.29 is 4.74 Å². The third-order valence-electron chi connectivity index (χ3n) is 4.40. The molecule has 0 spiro atoms. The van der Waals surface area contributed by atoms with Gasteiger partial charge in [0.1, 0.15) is 0 Å². The smallest absolute Gasteiger partial charge is 0.0594 e. The Balaban J connectivity index is 1.57. The summed E-state index contributed by atoms with van der Waals surface area (Å²) in [5.41, 5.74) is 2.37. The highest BCUT2D eigenvalue weighted by Gasteiger charge is 2.23. The van der Waals surface area contributed by atoms with Crippen LogP contribution in [0.2, 0.25) is 0 Å². The minimum atomic E-state index is 0.781. The van der Waals surface area contributed by atoms with Gasteiger partial charge in [0.05, 0.1) is 25.1 Å². The van der Waals surface area contributed by atoms with E-state index in [1.54, 1.807) is 0 Å². The van der Waals surface area contributed by atoms with Crippen LogP contribution in [0.5, 0.6) is 0 Å². The zero-order valence-corrected chi connectivity index (χ0v) is 12.4. The zero-order valence-electron chi connectivity index (χ0n) is 12.4. The molecule has 0 amide bonds. The molecule has 2 aliphatic heterocycles. The summed E-state index contributed by atoms with van der Waals surface area (Å²) in [6, 6.07) is 4.32. The first-order valence-corrected chi connectivity index (χ1v) is 7.79. The molecule has 110 valence electrons. The fourth-order valence-electron chi connectivity index (χ4n) is 3.24. The van der Waals surface area contributed by atoms with Gasteiger partial charge in [-0.1, -0.05) is 0 Å². The van der Waals surface area contributed by atoms with Crippen LogP contribution in [0.3, 0.4) is 0 Å². The maximum Gasteiger partial charge on any atom is 0.0594 e. The molecular formula is C16H25N3O. The number of hydrogen-bond acceptors (Lipinski definition) is 4. The Hall–Kier alpha value is -1.13. The lowest BCUT2D eigenvalue weighted by atomic mass is 9.97. The van der Waals surface area contributed by atoms with E-state index in [-0.39, 0.29) is 0 Å². The van der Waals surface area contributed by atoms with Gasteiger partial charge in [-0.25, -0.2) is 0 Å². The summed E-state index contributed by atoms with van der Waals surface area (Å²) in [7, 11) is 0. The molecule has 3 rings (SSSR count). The van der Waals surface area contributed by atoms with E-state index in [2.05, 4.69) is 26.9 Å². The first-order chi connectivity index (χ1) is 9.81. The van der Waals surface area contributed by atoms with Crippen molar-refractivity contribution in [1.29, 1.82) is 0 Å². The number of aryl methyl sites for hydroxylation is 1. The van der Waals surface area contributed by atoms with Crippen molar-refractivity contribution in [1.82, 2.24) is 9.88 Å². The minimum Gasteiger partial charge on any atom is -0.379 e. The fraction of sp³-hybridized carbons (Fsp3) is 0.688. The average Bonchev–Trinajstić information content (AvgIpc) is 2.49. The number of pyridine rings is 1. The lowest BCUT2D eigenvalue weighted by Gasteiger charge is -2.37. The number of piperidine rings is 1. The van der Waals surface area contributed by atoms with Gasteiger partial charge in [0.2, 0.25) is 0 Å². The first-order valence-electron chi connectivity index (χ1n) is 7.79. The Morgan fingerprint density at radius 1 is 1.25 bits per heavy atom. The van der Waals surface area contributed by atoms with Crippen molar-refractivity contribution in [2.45, 2.75) is 19.8 Å². The van der Waals surface area contributed by atoms with E-state index in [4.69, 9.17) is 4.74 Å². The number of morpholine rings is 1. The van der Waals surface area contributed by atoms with E-state index in [9.17, 15) is 0 Å². The van der Waals surface area contributed by atoms with E-state index < -0.39 is 0 Å². The number of nitrogens with zero attached hydrogens (tertiary/aromatic N) is 3. The maximum atomic E-state index is 5.43. The van der Waals surface area contributed by atoms with Gasteiger partial charge in [-0.15, -0.1) is 0 Å². The molecule has 0 N–H and O–H groups in total. The topological polar surface area (TPSA) is 28.6 Å². The molecule has 3 heterocycles. The summed E-state index contributed by atoms with van der Waals surface area (Å²) < 4.78 is 5.43. The van der Waals surface area contributed by atoms with Crippen LogP contribution >= 0.6 is 0 Å². The minimum absolute atomic E-state index is 0.781. The van der Waals surface area contributed by atoms with Crippen LogP contribution in [0.25, 0.3) is 0 Å².